The van der Waals surface area contributed by atoms with Crippen molar-refractivity contribution in [3.05, 3.63) is 47.3 Å². The number of piperazine rings is 1. The molecule has 4 aliphatic heterocycles. The average molecular weight is 579 g/mol. The topological polar surface area (TPSA) is 129 Å². The minimum Gasteiger partial charge on any atom is -0.495 e. The summed E-state index contributed by atoms with van der Waals surface area (Å²) in [5.41, 5.74) is 8.11. The Bertz CT molecular complexity index is 1430. The monoisotopic (exact) mass is 578 g/mol. The van der Waals surface area contributed by atoms with Gasteiger partial charge in [-0.05, 0) is 43.4 Å². The third kappa shape index (κ3) is 5.15. The number of methoxy groups -OCH3 is 1. The van der Waals surface area contributed by atoms with Gasteiger partial charge in [0.2, 0.25) is 11.8 Å². The van der Waals surface area contributed by atoms with E-state index in [1.54, 1.807) is 18.2 Å². The number of anilines is 3. The molecule has 4 amide bonds. The Morgan fingerprint density at radius 3 is 2.31 bits per heavy atom. The predicted molar refractivity (Wildman–Crippen MR) is 154 cm³/mol. The number of nitrogens with zero attached hydrogens (tertiary/aromatic N) is 4. The molecule has 11 nitrogen and oxygen atoms in total. The van der Waals surface area contributed by atoms with Crippen molar-refractivity contribution in [1.82, 2.24) is 15.1 Å². The normalized spacial score (nSPS) is 22.0. The summed E-state index contributed by atoms with van der Waals surface area (Å²) in [5.74, 6) is -1.32. The lowest BCUT2D eigenvalue weighted by Gasteiger charge is -2.40. The molecule has 0 spiro atoms. The van der Waals surface area contributed by atoms with Gasteiger partial charge in [-0.25, -0.2) is 4.39 Å². The molecule has 0 bridgehead atoms. The summed E-state index contributed by atoms with van der Waals surface area (Å²) in [6.07, 6.45) is 2.17. The summed E-state index contributed by atoms with van der Waals surface area (Å²) in [4.78, 5) is 57.8. The summed E-state index contributed by atoms with van der Waals surface area (Å²) in [6, 6.07) is 7.30. The van der Waals surface area contributed by atoms with Crippen LogP contribution in [-0.2, 0) is 9.59 Å². The number of hydrogen-bond acceptors (Lipinski definition) is 9. The number of halogens is 1. The SMILES string of the molecule is COc1cc(N2CCC(CN3CCN(c4ccc5c(c4)C(=O)N(C4CCC(=O)NC4=O)C5=O)CC3)CC2)c(F)cc1N. The van der Waals surface area contributed by atoms with Crippen molar-refractivity contribution in [2.75, 3.05) is 68.5 Å². The second-order valence-electron chi connectivity index (χ2n) is 11.4. The molecule has 6 rings (SSSR count). The van der Waals surface area contributed by atoms with Crippen LogP contribution < -0.4 is 25.6 Å². The van der Waals surface area contributed by atoms with Gasteiger partial charge >= 0.3 is 0 Å². The minimum absolute atomic E-state index is 0.0921. The number of nitrogens with one attached hydrogen (secondary N) is 1. The molecule has 12 heteroatoms. The summed E-state index contributed by atoms with van der Waals surface area (Å²) >= 11 is 0. The zero-order valence-corrected chi connectivity index (χ0v) is 23.6. The van der Waals surface area contributed by atoms with Gasteiger partial charge < -0.3 is 20.3 Å². The fourth-order valence-electron chi connectivity index (χ4n) is 6.54. The van der Waals surface area contributed by atoms with E-state index >= 15 is 0 Å². The van der Waals surface area contributed by atoms with Crippen molar-refractivity contribution in [2.24, 2.45) is 5.92 Å². The molecular formula is C30H35FN6O5. The van der Waals surface area contributed by atoms with Gasteiger partial charge in [0, 0.05) is 70.1 Å². The molecule has 1 atom stereocenters. The second-order valence-corrected chi connectivity index (χ2v) is 11.4. The van der Waals surface area contributed by atoms with E-state index in [1.807, 2.05) is 6.07 Å². The maximum Gasteiger partial charge on any atom is 0.262 e. The van der Waals surface area contributed by atoms with Gasteiger partial charge in [-0.15, -0.1) is 0 Å². The Kier molecular flexibility index (Phi) is 7.48. The summed E-state index contributed by atoms with van der Waals surface area (Å²) in [5, 5.41) is 2.23. The van der Waals surface area contributed by atoms with Gasteiger partial charge in [0.25, 0.3) is 11.8 Å². The molecule has 3 fully saturated rings. The first kappa shape index (κ1) is 28.0. The molecule has 222 valence electrons. The van der Waals surface area contributed by atoms with E-state index in [0.717, 1.165) is 69.2 Å². The highest BCUT2D eigenvalue weighted by Gasteiger charge is 2.44. The number of carbonyl (C=O) groups is 4. The molecule has 42 heavy (non-hydrogen) atoms. The molecule has 0 aromatic heterocycles. The van der Waals surface area contributed by atoms with Gasteiger partial charge in [-0.3, -0.25) is 34.3 Å². The van der Waals surface area contributed by atoms with E-state index in [9.17, 15) is 23.6 Å². The highest BCUT2D eigenvalue weighted by atomic mass is 19.1. The Hall–Kier alpha value is -4.19. The first-order valence-corrected chi connectivity index (χ1v) is 14.4. The number of ether oxygens (including phenoxy) is 1. The van der Waals surface area contributed by atoms with Crippen molar-refractivity contribution in [3.63, 3.8) is 0 Å². The van der Waals surface area contributed by atoms with Crippen LogP contribution in [0.5, 0.6) is 5.75 Å². The molecule has 4 aliphatic rings. The van der Waals surface area contributed by atoms with E-state index in [-0.39, 0.29) is 24.2 Å². The van der Waals surface area contributed by atoms with Crippen LogP contribution in [0, 0.1) is 11.7 Å². The number of amides is 4. The summed E-state index contributed by atoms with van der Waals surface area (Å²) < 4.78 is 19.9. The second kappa shape index (κ2) is 11.2. The number of fused-ring (bicyclic) bond motifs is 1. The number of nitrogens with two attached hydrogens (primary N) is 1. The van der Waals surface area contributed by atoms with Crippen LogP contribution in [0.3, 0.4) is 0 Å². The quantitative estimate of drug-likeness (QED) is 0.390. The lowest BCUT2D eigenvalue weighted by Crippen LogP contribution is -2.54. The molecule has 0 aliphatic carbocycles. The highest BCUT2D eigenvalue weighted by molar-refractivity contribution is 6.23. The Balaban J connectivity index is 1.02. The number of piperidine rings is 2. The fraction of sp³-hybridized carbons (Fsp3) is 0.467. The number of carbonyl (C=O) groups excluding carboxylic acids is 4. The maximum absolute atomic E-state index is 14.6. The largest absolute Gasteiger partial charge is 0.495 e. The molecule has 3 saturated heterocycles. The van der Waals surface area contributed by atoms with Crippen LogP contribution in [0.1, 0.15) is 46.4 Å². The van der Waals surface area contributed by atoms with Crippen molar-refractivity contribution < 1.29 is 28.3 Å². The van der Waals surface area contributed by atoms with E-state index in [0.29, 0.717) is 28.6 Å². The van der Waals surface area contributed by atoms with Gasteiger partial charge in [0.1, 0.15) is 17.6 Å². The van der Waals surface area contributed by atoms with Gasteiger partial charge in [0.05, 0.1) is 29.6 Å². The molecule has 2 aromatic rings. The lowest BCUT2D eigenvalue weighted by molar-refractivity contribution is -0.136. The molecular weight excluding hydrogens is 543 g/mol. The van der Waals surface area contributed by atoms with E-state index in [4.69, 9.17) is 10.5 Å². The molecule has 3 N–H and O–H groups in total. The smallest absolute Gasteiger partial charge is 0.262 e. The zero-order chi connectivity index (χ0) is 29.5. The third-order valence-corrected chi connectivity index (χ3v) is 8.93. The number of rotatable bonds is 6. The number of benzene rings is 2. The van der Waals surface area contributed by atoms with Crippen molar-refractivity contribution in [1.29, 1.82) is 0 Å². The van der Waals surface area contributed by atoms with Gasteiger partial charge in [-0.1, -0.05) is 0 Å². The van der Waals surface area contributed by atoms with Crippen LogP contribution >= 0.6 is 0 Å². The maximum atomic E-state index is 14.6. The minimum atomic E-state index is -0.970. The van der Waals surface area contributed by atoms with Crippen molar-refractivity contribution in [3.8, 4) is 5.75 Å². The Labute approximate surface area is 243 Å². The van der Waals surface area contributed by atoms with Crippen LogP contribution in [0.25, 0.3) is 0 Å². The Morgan fingerprint density at radius 1 is 0.905 bits per heavy atom. The van der Waals surface area contributed by atoms with Crippen molar-refractivity contribution in [2.45, 2.75) is 31.7 Å². The highest BCUT2D eigenvalue weighted by Crippen LogP contribution is 2.34. The van der Waals surface area contributed by atoms with Crippen LogP contribution in [0.4, 0.5) is 21.5 Å². The van der Waals surface area contributed by atoms with Crippen LogP contribution in [0.2, 0.25) is 0 Å². The average Bonchev–Trinajstić information content (AvgIpc) is 3.23. The number of hydrogen-bond donors (Lipinski definition) is 2. The molecule has 2 aromatic carbocycles. The molecule has 0 saturated carbocycles. The number of nitrogen functional groups attached to an aromatic ring is 1. The molecule has 4 heterocycles. The van der Waals surface area contributed by atoms with Crippen LogP contribution in [-0.4, -0.2) is 92.4 Å². The van der Waals surface area contributed by atoms with E-state index in [2.05, 4.69) is 20.0 Å². The zero-order valence-electron chi connectivity index (χ0n) is 23.6. The summed E-state index contributed by atoms with van der Waals surface area (Å²) in [6.45, 7) is 5.83. The molecule has 0 radical (unpaired) electrons. The summed E-state index contributed by atoms with van der Waals surface area (Å²) in [7, 11) is 1.53. The fourth-order valence-corrected chi connectivity index (χ4v) is 6.54. The standard InChI is InChI=1S/C30H35FN6O5/c1-42-26-16-25(22(31)15-23(26)32)36-8-6-18(7-9-36)17-34-10-12-35(13-11-34)19-2-3-20-21(14-19)30(41)37(29(20)40)24-4-5-27(38)33-28(24)39/h2-3,14-16,18,24H,4-13,17,32H2,1H3,(H,33,38,39). The Morgan fingerprint density at radius 2 is 1.62 bits per heavy atom. The first-order valence-electron chi connectivity index (χ1n) is 14.4. The third-order valence-electron chi connectivity index (χ3n) is 8.93. The lowest BCUT2D eigenvalue weighted by atomic mass is 9.95. The molecule has 1 unspecified atom stereocenters. The number of imide groups is 2. The van der Waals surface area contributed by atoms with Crippen molar-refractivity contribution >= 4 is 40.7 Å². The van der Waals surface area contributed by atoms with Gasteiger partial charge in [-0.2, -0.15) is 0 Å². The van der Waals surface area contributed by atoms with E-state index < -0.39 is 29.7 Å². The predicted octanol–water partition coefficient (Wildman–Crippen LogP) is 1.86. The first-order chi connectivity index (χ1) is 20.2. The van der Waals surface area contributed by atoms with E-state index in [1.165, 1.54) is 13.2 Å². The van der Waals surface area contributed by atoms with Gasteiger partial charge in [0.15, 0.2) is 0 Å². The van der Waals surface area contributed by atoms with Crippen LogP contribution in [0.15, 0.2) is 30.3 Å².